The van der Waals surface area contributed by atoms with E-state index in [1.807, 2.05) is 33.8 Å². The van der Waals surface area contributed by atoms with E-state index in [4.69, 9.17) is 0 Å². The summed E-state index contributed by atoms with van der Waals surface area (Å²) in [5.74, 6) is -1.38. The number of aromatic nitrogens is 2. The fraction of sp³-hybridized carbons (Fsp3) is 0.455. The van der Waals surface area contributed by atoms with Crippen LogP contribution in [0.15, 0.2) is 29.5 Å². The molecule has 2 fully saturated rings. The van der Waals surface area contributed by atoms with Crippen LogP contribution in [0.4, 0.5) is 0 Å². The smallest absolute Gasteiger partial charge is 0.332 e. The van der Waals surface area contributed by atoms with Crippen molar-refractivity contribution in [2.24, 2.45) is 11.8 Å². The second-order valence-corrected chi connectivity index (χ2v) is 13.7. The van der Waals surface area contributed by atoms with E-state index in [1.165, 1.54) is 17.8 Å². The molecule has 0 spiro atoms. The third kappa shape index (κ3) is 6.53. The van der Waals surface area contributed by atoms with Gasteiger partial charge in [0.25, 0.3) is 5.91 Å². The second kappa shape index (κ2) is 12.8. The first-order valence-corrected chi connectivity index (χ1v) is 16.3. The Bertz CT molecular complexity index is 1640. The summed E-state index contributed by atoms with van der Waals surface area (Å²) in [6, 6.07) is -0.271. The monoisotopic (exact) mass is 637 g/mol. The van der Waals surface area contributed by atoms with Gasteiger partial charge in [0, 0.05) is 65.6 Å². The molecule has 45 heavy (non-hydrogen) atoms. The number of rotatable bonds is 13. The highest BCUT2D eigenvalue weighted by Crippen LogP contribution is 2.38. The highest BCUT2D eigenvalue weighted by molar-refractivity contribution is 7.86. The average Bonchev–Trinajstić information content (AvgIpc) is 3.56. The largest absolute Gasteiger partial charge is 0.481 e. The van der Waals surface area contributed by atoms with Crippen LogP contribution in [0.5, 0.6) is 0 Å². The third-order valence-electron chi connectivity index (χ3n) is 9.50. The van der Waals surface area contributed by atoms with Crippen molar-refractivity contribution in [1.82, 2.24) is 20.6 Å². The van der Waals surface area contributed by atoms with Crippen LogP contribution in [0, 0.1) is 25.7 Å². The molecule has 0 aromatic carbocycles. The number of amides is 2. The maximum Gasteiger partial charge on any atom is 0.332 e. The number of aliphatic carboxylic acids is 2. The minimum atomic E-state index is -1.62. The fourth-order valence-corrected chi connectivity index (χ4v) is 7.69. The molecular weight excluding hydrogens is 596 g/mol. The standard InChI is InChI=1S/C33H40N4O7S/c1-6-18-14(2)23(36-32(18)42)10-21-16(4)20(9-27(38)33(43)44)25(35-21)12-24-19(7-8-29(39)40)15(3)22(34-24)11-26-30(28-13-45-28)17(5)31(41)37-26/h6,11,17,23,27-28,30,34-35,38H,1,7-10,12-13H2,2-5H3,(H,36,42)(H,37,41)(H,39,40)(H,43,44)/p+1/b26-11-/t17-,23-,27-,28-,30-/m1/s1. The molecule has 0 radical (unpaired) electrons. The Morgan fingerprint density at radius 3 is 2.36 bits per heavy atom. The number of carboxylic acids is 2. The van der Waals surface area contributed by atoms with E-state index >= 15 is 0 Å². The summed E-state index contributed by atoms with van der Waals surface area (Å²) in [6.45, 7) is 11.4. The number of carbonyl (C=O) groups excluding carboxylic acids is 2. The van der Waals surface area contributed by atoms with Crippen molar-refractivity contribution < 1.29 is 34.5 Å². The van der Waals surface area contributed by atoms with Gasteiger partial charge in [-0.2, -0.15) is 0 Å². The van der Waals surface area contributed by atoms with Gasteiger partial charge in [-0.1, -0.05) is 19.6 Å². The molecule has 0 aliphatic carbocycles. The molecule has 3 aliphatic heterocycles. The summed E-state index contributed by atoms with van der Waals surface area (Å²) < 4.78 is 0. The molecule has 5 atom stereocenters. The van der Waals surface area contributed by atoms with Crippen molar-refractivity contribution in [3.05, 3.63) is 74.5 Å². The van der Waals surface area contributed by atoms with Crippen molar-refractivity contribution in [2.75, 3.05) is 5.75 Å². The number of aromatic amines is 2. The lowest BCUT2D eigenvalue weighted by Gasteiger charge is -2.12. The van der Waals surface area contributed by atoms with Gasteiger partial charge in [0.05, 0.1) is 12.0 Å². The minimum absolute atomic E-state index is 0.00338. The number of carbonyl (C=O) groups is 4. The minimum Gasteiger partial charge on any atom is -0.481 e. The molecule has 2 saturated heterocycles. The molecule has 0 bridgehead atoms. The molecule has 5 heterocycles. The highest BCUT2D eigenvalue weighted by Gasteiger charge is 2.52. The van der Waals surface area contributed by atoms with Crippen molar-refractivity contribution in [3.63, 3.8) is 0 Å². The van der Waals surface area contributed by atoms with E-state index < -0.39 is 18.0 Å². The third-order valence-corrected chi connectivity index (χ3v) is 10.6. The zero-order chi connectivity index (χ0) is 32.7. The molecule has 12 heteroatoms. The Labute approximate surface area is 265 Å². The molecule has 5 rings (SSSR count). The van der Waals surface area contributed by atoms with Gasteiger partial charge in [-0.05, 0) is 72.9 Å². The quantitative estimate of drug-likeness (QED) is 0.0995. The van der Waals surface area contributed by atoms with Crippen LogP contribution in [0.2, 0.25) is 0 Å². The number of hydrogen-bond acceptors (Lipinski definition) is 5. The SMILES string of the molecule is C=CC1=C(C)[C@@H](Cc2[nH]c(Cc3[nH]c(/C=C4\NC(=O)[C@H](C)[C@H]4[C@H]4C[SH+]4)c(C)c3CCC(=O)O)c(C[C@@H](O)C(=O)O)c2C)NC1=O. The predicted octanol–water partition coefficient (Wildman–Crippen LogP) is 2.02. The number of aliphatic hydroxyl groups excluding tert-OH is 1. The zero-order valence-electron chi connectivity index (χ0n) is 25.9. The molecule has 0 saturated carbocycles. The molecule has 2 aromatic rings. The van der Waals surface area contributed by atoms with Gasteiger partial charge in [-0.15, -0.1) is 0 Å². The Morgan fingerprint density at radius 2 is 1.76 bits per heavy atom. The molecular formula is C33H41N4O7S+. The lowest BCUT2D eigenvalue weighted by molar-refractivity contribution is -0.146. The number of H-pyrrole nitrogens is 2. The van der Waals surface area contributed by atoms with Crippen LogP contribution < -0.4 is 10.6 Å². The first-order chi connectivity index (χ1) is 21.3. The van der Waals surface area contributed by atoms with E-state index in [0.717, 1.165) is 50.8 Å². The Kier molecular flexibility index (Phi) is 9.18. The van der Waals surface area contributed by atoms with E-state index in [9.17, 15) is 34.5 Å². The van der Waals surface area contributed by atoms with Crippen molar-refractivity contribution in [1.29, 1.82) is 0 Å². The Hall–Kier alpha value is -4.03. The molecule has 2 aromatic heterocycles. The predicted molar refractivity (Wildman–Crippen MR) is 172 cm³/mol. The van der Waals surface area contributed by atoms with Gasteiger partial charge >= 0.3 is 11.9 Å². The van der Waals surface area contributed by atoms with Crippen molar-refractivity contribution >= 4 is 41.6 Å². The lowest BCUT2D eigenvalue weighted by atomic mass is 9.91. The van der Waals surface area contributed by atoms with E-state index in [-0.39, 0.29) is 49.0 Å². The van der Waals surface area contributed by atoms with E-state index in [2.05, 4.69) is 27.2 Å². The summed E-state index contributed by atoms with van der Waals surface area (Å²) in [5, 5.41) is 35.8. The number of aliphatic hydroxyl groups is 1. The summed E-state index contributed by atoms with van der Waals surface area (Å²) in [7, 11) is 0. The first kappa shape index (κ1) is 32.4. The van der Waals surface area contributed by atoms with E-state index in [1.54, 1.807) is 0 Å². The molecule has 11 nitrogen and oxygen atoms in total. The molecule has 7 N–H and O–H groups in total. The maximum absolute atomic E-state index is 12.6. The summed E-state index contributed by atoms with van der Waals surface area (Å²) in [5.41, 5.74) is 8.54. The Balaban J connectivity index is 1.53. The number of hydrogen-bond donors (Lipinski definition) is 7. The lowest BCUT2D eigenvalue weighted by Crippen LogP contribution is -2.30. The zero-order valence-corrected chi connectivity index (χ0v) is 26.8. The van der Waals surface area contributed by atoms with E-state index in [0.29, 0.717) is 34.9 Å². The maximum atomic E-state index is 12.6. The second-order valence-electron chi connectivity index (χ2n) is 12.3. The van der Waals surface area contributed by atoms with Gasteiger partial charge in [-0.3, -0.25) is 14.4 Å². The normalized spacial score (nSPS) is 24.2. The van der Waals surface area contributed by atoms with Crippen LogP contribution in [0.1, 0.15) is 65.3 Å². The van der Waals surface area contributed by atoms with Gasteiger partial charge in [0.15, 0.2) is 17.1 Å². The Morgan fingerprint density at radius 1 is 1.07 bits per heavy atom. The average molecular weight is 638 g/mol. The van der Waals surface area contributed by atoms with Gasteiger partial charge in [-0.25, -0.2) is 4.79 Å². The molecule has 3 aliphatic rings. The van der Waals surface area contributed by atoms with Gasteiger partial charge in [0.1, 0.15) is 0 Å². The number of nitrogens with one attached hydrogen (secondary N) is 4. The highest BCUT2D eigenvalue weighted by atomic mass is 32.2. The molecule has 0 unspecified atom stereocenters. The summed E-state index contributed by atoms with van der Waals surface area (Å²) in [6.07, 6.45) is 2.72. The van der Waals surface area contributed by atoms with Crippen LogP contribution in [0.25, 0.3) is 6.08 Å². The number of allylic oxidation sites excluding steroid dienone is 1. The fourth-order valence-electron chi connectivity index (χ4n) is 6.70. The van der Waals surface area contributed by atoms with Crippen LogP contribution >= 0.6 is 0 Å². The molecule has 2 amide bonds. The summed E-state index contributed by atoms with van der Waals surface area (Å²) in [4.78, 5) is 55.2. The number of carboxylic acid groups (broad SMARTS) is 2. The van der Waals surface area contributed by atoms with Gasteiger partial charge < -0.3 is 35.9 Å². The molecule has 240 valence electrons. The first-order valence-electron chi connectivity index (χ1n) is 15.2. The van der Waals surface area contributed by atoms with Crippen molar-refractivity contribution in [2.45, 2.75) is 77.2 Å². The number of thiol groups is 1. The topological polar surface area (TPSA) is 185 Å². The van der Waals surface area contributed by atoms with Crippen LogP contribution in [-0.4, -0.2) is 72.2 Å². The van der Waals surface area contributed by atoms with Crippen LogP contribution in [0.3, 0.4) is 0 Å². The van der Waals surface area contributed by atoms with Crippen LogP contribution in [-0.2, 0) is 56.6 Å². The van der Waals surface area contributed by atoms with Gasteiger partial charge in [0.2, 0.25) is 5.91 Å². The van der Waals surface area contributed by atoms with Crippen molar-refractivity contribution in [3.8, 4) is 0 Å². The summed E-state index contributed by atoms with van der Waals surface area (Å²) >= 11 is 1.34.